The molecule has 0 aliphatic heterocycles. The largest absolute Gasteiger partial charge is 0.480 e. The molecule has 0 bridgehead atoms. The third-order valence-electron chi connectivity index (χ3n) is 2.26. The molecule has 0 saturated carbocycles. The molecular weight excluding hydrogens is 396 g/mol. The molecule has 2 rings (SSSR count). The fraction of sp³-hybridized carbons (Fsp3) is 0.0833. The maximum Gasteiger partial charge on any atom is 0.339 e. The normalized spacial score (nSPS) is 10.2. The van der Waals surface area contributed by atoms with Crippen LogP contribution in [-0.2, 0) is 0 Å². The SMILES string of the molecule is COc1nc(Oc2cc(Br)ccc2C(=O)O)ncc1Br. The lowest BCUT2D eigenvalue weighted by Gasteiger charge is -2.09. The Morgan fingerprint density at radius 2 is 2.10 bits per heavy atom. The van der Waals surface area contributed by atoms with Crippen molar-refractivity contribution >= 4 is 37.8 Å². The van der Waals surface area contributed by atoms with Gasteiger partial charge in [0, 0.05) is 4.47 Å². The van der Waals surface area contributed by atoms with Crippen molar-refractivity contribution in [3.8, 4) is 17.6 Å². The van der Waals surface area contributed by atoms with Crippen molar-refractivity contribution in [1.82, 2.24) is 9.97 Å². The minimum Gasteiger partial charge on any atom is -0.480 e. The van der Waals surface area contributed by atoms with Gasteiger partial charge in [0.1, 0.15) is 11.3 Å². The van der Waals surface area contributed by atoms with Crippen LogP contribution in [0.2, 0.25) is 0 Å². The zero-order valence-corrected chi connectivity index (χ0v) is 13.3. The molecule has 20 heavy (non-hydrogen) atoms. The van der Waals surface area contributed by atoms with Gasteiger partial charge < -0.3 is 14.6 Å². The minimum absolute atomic E-state index is 0.00866. The maximum atomic E-state index is 11.1. The van der Waals surface area contributed by atoms with E-state index in [-0.39, 0.29) is 17.3 Å². The van der Waals surface area contributed by atoms with E-state index in [0.29, 0.717) is 14.8 Å². The molecule has 0 atom stereocenters. The van der Waals surface area contributed by atoms with E-state index in [2.05, 4.69) is 41.8 Å². The Balaban J connectivity index is 2.39. The summed E-state index contributed by atoms with van der Waals surface area (Å²) in [4.78, 5) is 19.1. The summed E-state index contributed by atoms with van der Waals surface area (Å²) in [6.45, 7) is 0. The second-order valence-electron chi connectivity index (χ2n) is 3.56. The van der Waals surface area contributed by atoms with Crippen LogP contribution in [0.4, 0.5) is 0 Å². The van der Waals surface area contributed by atoms with Gasteiger partial charge in [-0.3, -0.25) is 0 Å². The zero-order valence-electron chi connectivity index (χ0n) is 10.1. The van der Waals surface area contributed by atoms with E-state index in [4.69, 9.17) is 14.6 Å². The first kappa shape index (κ1) is 14.7. The predicted molar refractivity (Wildman–Crippen MR) is 77.5 cm³/mol. The molecule has 6 nitrogen and oxygen atoms in total. The summed E-state index contributed by atoms with van der Waals surface area (Å²) in [5, 5.41) is 9.11. The third-order valence-corrected chi connectivity index (χ3v) is 3.30. The molecule has 0 unspecified atom stereocenters. The van der Waals surface area contributed by atoms with Crippen molar-refractivity contribution in [3.05, 3.63) is 38.9 Å². The van der Waals surface area contributed by atoms with E-state index in [1.807, 2.05) is 0 Å². The van der Waals surface area contributed by atoms with Crippen molar-refractivity contribution in [2.24, 2.45) is 0 Å². The van der Waals surface area contributed by atoms with E-state index in [1.54, 1.807) is 6.07 Å². The van der Waals surface area contributed by atoms with Crippen LogP contribution >= 0.6 is 31.9 Å². The van der Waals surface area contributed by atoms with Crippen molar-refractivity contribution in [2.45, 2.75) is 0 Å². The average Bonchev–Trinajstić information content (AvgIpc) is 2.40. The fourth-order valence-electron chi connectivity index (χ4n) is 1.38. The van der Waals surface area contributed by atoms with Crippen LogP contribution in [0, 0.1) is 0 Å². The lowest BCUT2D eigenvalue weighted by atomic mass is 10.2. The summed E-state index contributed by atoms with van der Waals surface area (Å²) in [5.41, 5.74) is 0.0127. The Bertz CT molecular complexity index is 664. The van der Waals surface area contributed by atoms with Gasteiger partial charge >= 0.3 is 12.0 Å². The number of carbonyl (C=O) groups is 1. The van der Waals surface area contributed by atoms with Gasteiger partial charge in [-0.2, -0.15) is 4.98 Å². The van der Waals surface area contributed by atoms with Crippen LogP contribution < -0.4 is 9.47 Å². The number of halogens is 2. The van der Waals surface area contributed by atoms with E-state index in [1.165, 1.54) is 25.4 Å². The third kappa shape index (κ3) is 3.26. The van der Waals surface area contributed by atoms with Gasteiger partial charge in [0.25, 0.3) is 0 Å². The molecule has 104 valence electrons. The van der Waals surface area contributed by atoms with Gasteiger partial charge in [0.2, 0.25) is 5.88 Å². The number of benzene rings is 1. The van der Waals surface area contributed by atoms with Gasteiger partial charge in [-0.05, 0) is 34.1 Å². The van der Waals surface area contributed by atoms with Crippen LogP contribution in [0.5, 0.6) is 17.6 Å². The standard InChI is InChI=1S/C12H8Br2N2O4/c1-19-10-8(14)5-15-12(16-10)20-9-4-6(13)2-3-7(9)11(17)18/h2-5H,1H3,(H,17,18). The number of hydrogen-bond acceptors (Lipinski definition) is 5. The first-order valence-electron chi connectivity index (χ1n) is 5.28. The van der Waals surface area contributed by atoms with Crippen LogP contribution in [0.15, 0.2) is 33.3 Å². The van der Waals surface area contributed by atoms with Gasteiger partial charge in [-0.15, -0.1) is 0 Å². The van der Waals surface area contributed by atoms with E-state index >= 15 is 0 Å². The van der Waals surface area contributed by atoms with Crippen LogP contribution in [0.25, 0.3) is 0 Å². The van der Waals surface area contributed by atoms with Crippen LogP contribution in [0.1, 0.15) is 10.4 Å². The Labute approximate surface area is 131 Å². The van der Waals surface area contributed by atoms with Crippen molar-refractivity contribution in [2.75, 3.05) is 7.11 Å². The Hall–Kier alpha value is -1.67. The summed E-state index contributed by atoms with van der Waals surface area (Å²) in [7, 11) is 1.46. The molecule has 1 aromatic heterocycles. The number of carboxylic acid groups (broad SMARTS) is 1. The molecule has 0 spiro atoms. The van der Waals surface area contributed by atoms with Crippen molar-refractivity contribution < 1.29 is 19.4 Å². The Kier molecular flexibility index (Phi) is 4.56. The number of ether oxygens (including phenoxy) is 2. The van der Waals surface area contributed by atoms with Gasteiger partial charge in [0.05, 0.1) is 17.8 Å². The summed E-state index contributed by atoms with van der Waals surface area (Å²) in [6.07, 6.45) is 1.46. The number of hydrogen-bond donors (Lipinski definition) is 1. The summed E-state index contributed by atoms with van der Waals surface area (Å²) in [5.74, 6) is -0.672. The van der Waals surface area contributed by atoms with Crippen molar-refractivity contribution in [3.63, 3.8) is 0 Å². The van der Waals surface area contributed by atoms with Crippen molar-refractivity contribution in [1.29, 1.82) is 0 Å². The number of rotatable bonds is 4. The number of aromatic nitrogens is 2. The van der Waals surface area contributed by atoms with Gasteiger partial charge in [0.15, 0.2) is 0 Å². The first-order valence-corrected chi connectivity index (χ1v) is 6.87. The number of methoxy groups -OCH3 is 1. The lowest BCUT2D eigenvalue weighted by molar-refractivity contribution is 0.0694. The molecule has 0 aliphatic carbocycles. The molecule has 1 N–H and O–H groups in total. The van der Waals surface area contributed by atoms with Crippen LogP contribution in [-0.4, -0.2) is 28.2 Å². The fourth-order valence-corrected chi connectivity index (χ4v) is 2.08. The summed E-state index contributed by atoms with van der Waals surface area (Å²) >= 11 is 6.47. The second-order valence-corrected chi connectivity index (χ2v) is 5.33. The average molecular weight is 404 g/mol. The van der Waals surface area contributed by atoms with E-state index in [9.17, 15) is 4.79 Å². The maximum absolute atomic E-state index is 11.1. The van der Waals surface area contributed by atoms with Gasteiger partial charge in [-0.1, -0.05) is 15.9 Å². The Morgan fingerprint density at radius 1 is 1.35 bits per heavy atom. The topological polar surface area (TPSA) is 81.5 Å². The molecule has 0 fully saturated rings. The highest BCUT2D eigenvalue weighted by molar-refractivity contribution is 9.10. The molecule has 1 heterocycles. The highest BCUT2D eigenvalue weighted by atomic mass is 79.9. The number of aromatic carboxylic acids is 1. The monoisotopic (exact) mass is 402 g/mol. The lowest BCUT2D eigenvalue weighted by Crippen LogP contribution is -2.02. The quantitative estimate of drug-likeness (QED) is 0.841. The molecule has 0 aliphatic rings. The zero-order chi connectivity index (χ0) is 14.7. The molecule has 0 saturated heterocycles. The molecule has 0 amide bonds. The molecular formula is C12H8Br2N2O4. The summed E-state index contributed by atoms with van der Waals surface area (Å²) in [6, 6.07) is 4.56. The first-order chi connectivity index (χ1) is 9.51. The second kappa shape index (κ2) is 6.19. The highest BCUT2D eigenvalue weighted by Crippen LogP contribution is 2.29. The van der Waals surface area contributed by atoms with Gasteiger partial charge in [-0.25, -0.2) is 9.78 Å². The Morgan fingerprint density at radius 3 is 2.75 bits per heavy atom. The molecule has 2 aromatic rings. The summed E-state index contributed by atoms with van der Waals surface area (Å²) < 4.78 is 11.7. The number of nitrogens with zero attached hydrogens (tertiary/aromatic N) is 2. The highest BCUT2D eigenvalue weighted by Gasteiger charge is 2.14. The smallest absolute Gasteiger partial charge is 0.339 e. The predicted octanol–water partition coefficient (Wildman–Crippen LogP) is 3.50. The van der Waals surface area contributed by atoms with E-state index < -0.39 is 5.97 Å². The molecule has 1 aromatic carbocycles. The van der Waals surface area contributed by atoms with E-state index in [0.717, 1.165) is 0 Å². The van der Waals surface area contributed by atoms with Crippen LogP contribution in [0.3, 0.4) is 0 Å². The molecule has 0 radical (unpaired) electrons. The number of carboxylic acids is 1. The molecule has 8 heteroatoms. The minimum atomic E-state index is -1.10.